The molecule has 3 aliphatic rings. The molecule has 1 spiro atoms. The SMILES string of the molecule is O=C1c2ccccc2[C@@]2(Cc3ccccc3N(CC(F)(F)F)C2=O)[C@H](c2ccc(CO)cc2)N1C1CCCCC1. The molecule has 2 atom stereocenters. The lowest BCUT2D eigenvalue weighted by molar-refractivity contribution is -0.139. The van der Waals surface area contributed by atoms with Crippen LogP contribution in [0.25, 0.3) is 0 Å². The topological polar surface area (TPSA) is 60.9 Å². The molecule has 40 heavy (non-hydrogen) atoms. The molecule has 1 fully saturated rings. The molecule has 5 nitrogen and oxygen atoms in total. The Morgan fingerprint density at radius 2 is 1.55 bits per heavy atom. The van der Waals surface area contributed by atoms with Crippen LogP contribution < -0.4 is 4.90 Å². The lowest BCUT2D eigenvalue weighted by Gasteiger charge is -2.55. The third-order valence-electron chi connectivity index (χ3n) is 8.78. The van der Waals surface area contributed by atoms with Crippen molar-refractivity contribution in [3.05, 3.63) is 101 Å². The maximum absolute atomic E-state index is 14.8. The Balaban J connectivity index is 1.65. The van der Waals surface area contributed by atoms with E-state index in [4.69, 9.17) is 0 Å². The van der Waals surface area contributed by atoms with Gasteiger partial charge in [-0.2, -0.15) is 13.2 Å². The second kappa shape index (κ2) is 10.1. The highest BCUT2D eigenvalue weighted by Crippen LogP contribution is 2.55. The zero-order chi connectivity index (χ0) is 28.1. The van der Waals surface area contributed by atoms with E-state index in [0.29, 0.717) is 27.8 Å². The Labute approximate surface area is 231 Å². The Kier molecular flexibility index (Phi) is 6.69. The first-order chi connectivity index (χ1) is 19.2. The minimum atomic E-state index is -4.62. The average Bonchev–Trinajstić information content (AvgIpc) is 2.97. The summed E-state index contributed by atoms with van der Waals surface area (Å²) in [6.45, 7) is -1.59. The van der Waals surface area contributed by atoms with Gasteiger partial charge in [-0.15, -0.1) is 0 Å². The predicted molar refractivity (Wildman–Crippen MR) is 145 cm³/mol. The number of rotatable bonds is 4. The van der Waals surface area contributed by atoms with Gasteiger partial charge in [-0.3, -0.25) is 9.59 Å². The van der Waals surface area contributed by atoms with Gasteiger partial charge in [-0.25, -0.2) is 0 Å². The van der Waals surface area contributed by atoms with E-state index in [-0.39, 0.29) is 30.7 Å². The van der Waals surface area contributed by atoms with E-state index < -0.39 is 30.1 Å². The molecule has 0 saturated heterocycles. The molecule has 208 valence electrons. The molecule has 8 heteroatoms. The number of fused-ring (bicyclic) bond motifs is 3. The quantitative estimate of drug-likeness (QED) is 0.429. The normalized spacial score (nSPS) is 23.4. The van der Waals surface area contributed by atoms with Crippen LogP contribution in [0.4, 0.5) is 18.9 Å². The van der Waals surface area contributed by atoms with Gasteiger partial charge in [0.1, 0.15) is 12.0 Å². The Morgan fingerprint density at radius 1 is 0.875 bits per heavy atom. The number of hydrogen-bond acceptors (Lipinski definition) is 3. The number of carbonyl (C=O) groups is 2. The van der Waals surface area contributed by atoms with Gasteiger partial charge in [0.05, 0.1) is 12.6 Å². The highest BCUT2D eigenvalue weighted by molar-refractivity contribution is 6.10. The van der Waals surface area contributed by atoms with Crippen LogP contribution in [0, 0.1) is 0 Å². The molecule has 0 aromatic heterocycles. The Morgan fingerprint density at radius 3 is 2.25 bits per heavy atom. The molecule has 2 heterocycles. The summed E-state index contributed by atoms with van der Waals surface area (Å²) in [6, 6.07) is 19.8. The summed E-state index contributed by atoms with van der Waals surface area (Å²) in [5.41, 5.74) is 1.60. The number of carbonyl (C=O) groups excluding carboxylic acids is 2. The van der Waals surface area contributed by atoms with Crippen molar-refractivity contribution in [2.45, 2.75) is 68.8 Å². The molecule has 0 unspecified atom stereocenters. The molecule has 1 N–H and O–H groups in total. The van der Waals surface area contributed by atoms with Gasteiger partial charge in [0.2, 0.25) is 5.91 Å². The lowest BCUT2D eigenvalue weighted by atomic mass is 9.61. The zero-order valence-corrected chi connectivity index (χ0v) is 22.0. The number of nitrogens with zero attached hydrogens (tertiary/aromatic N) is 2. The number of halogens is 3. The standard InChI is InChI=1S/C32H31F3N2O3/c33-32(34,35)20-36-27-13-7-4-8-23(27)18-31(30(36)40)26-12-6-5-11-25(26)29(39)37(24-9-2-1-3-10-24)28(31)22-16-14-21(19-38)15-17-22/h4-8,11-17,24,28,38H,1-3,9-10,18-20H2/t28-,31-/m0/s1. The first-order valence-corrected chi connectivity index (χ1v) is 13.8. The zero-order valence-electron chi connectivity index (χ0n) is 22.0. The van der Waals surface area contributed by atoms with E-state index in [1.807, 2.05) is 4.90 Å². The highest BCUT2D eigenvalue weighted by atomic mass is 19.4. The number of alkyl halides is 3. The number of benzene rings is 3. The molecule has 0 radical (unpaired) electrons. The fraction of sp³-hybridized carbons (Fsp3) is 0.375. The van der Waals surface area contributed by atoms with Gasteiger partial charge >= 0.3 is 6.18 Å². The van der Waals surface area contributed by atoms with Crippen LogP contribution in [-0.2, 0) is 23.2 Å². The Hall–Kier alpha value is -3.65. The van der Waals surface area contributed by atoms with Crippen LogP contribution in [0.3, 0.4) is 0 Å². The summed E-state index contributed by atoms with van der Waals surface area (Å²) >= 11 is 0. The van der Waals surface area contributed by atoms with Gasteiger partial charge in [0.15, 0.2) is 0 Å². The monoisotopic (exact) mass is 548 g/mol. The summed E-state index contributed by atoms with van der Waals surface area (Å²) in [6.07, 6.45) is 0.0235. The minimum absolute atomic E-state index is 0.143. The highest BCUT2D eigenvalue weighted by Gasteiger charge is 2.61. The van der Waals surface area contributed by atoms with E-state index >= 15 is 0 Å². The number of aliphatic hydroxyl groups is 1. The molecular weight excluding hydrogens is 517 g/mol. The molecule has 3 aromatic carbocycles. The molecule has 2 amide bonds. The van der Waals surface area contributed by atoms with Gasteiger partial charge in [-0.1, -0.05) is 79.9 Å². The number of aliphatic hydroxyl groups excluding tert-OH is 1. The second-order valence-electron chi connectivity index (χ2n) is 11.1. The van der Waals surface area contributed by atoms with Crippen LogP contribution in [0.5, 0.6) is 0 Å². The van der Waals surface area contributed by atoms with E-state index in [1.54, 1.807) is 72.8 Å². The molecule has 6 rings (SSSR count). The van der Waals surface area contributed by atoms with E-state index in [9.17, 15) is 27.9 Å². The van der Waals surface area contributed by atoms with Gasteiger partial charge < -0.3 is 14.9 Å². The van der Waals surface area contributed by atoms with Crippen LogP contribution >= 0.6 is 0 Å². The predicted octanol–water partition coefficient (Wildman–Crippen LogP) is 6.10. The molecule has 3 aromatic rings. The average molecular weight is 549 g/mol. The molecule has 1 aliphatic carbocycles. The summed E-state index contributed by atoms with van der Waals surface area (Å²) in [5.74, 6) is -0.848. The lowest BCUT2D eigenvalue weighted by Crippen LogP contribution is -2.64. The number of para-hydroxylation sites is 1. The van der Waals surface area contributed by atoms with Crippen molar-refractivity contribution in [3.8, 4) is 0 Å². The third-order valence-corrected chi connectivity index (χ3v) is 8.78. The summed E-state index contributed by atoms with van der Waals surface area (Å²) in [4.78, 5) is 31.8. The summed E-state index contributed by atoms with van der Waals surface area (Å²) < 4.78 is 42.0. The first-order valence-electron chi connectivity index (χ1n) is 13.8. The van der Waals surface area contributed by atoms with Crippen molar-refractivity contribution >= 4 is 17.5 Å². The number of hydrogen-bond donors (Lipinski definition) is 1. The van der Waals surface area contributed by atoms with Crippen LogP contribution in [-0.4, -0.2) is 40.6 Å². The van der Waals surface area contributed by atoms with Gasteiger partial charge in [-0.05, 0) is 53.6 Å². The van der Waals surface area contributed by atoms with Crippen molar-refractivity contribution in [1.29, 1.82) is 0 Å². The van der Waals surface area contributed by atoms with Gasteiger partial charge in [0.25, 0.3) is 5.91 Å². The third kappa shape index (κ3) is 4.29. The fourth-order valence-electron chi connectivity index (χ4n) is 7.10. The van der Waals surface area contributed by atoms with Crippen molar-refractivity contribution < 1.29 is 27.9 Å². The fourth-order valence-corrected chi connectivity index (χ4v) is 7.10. The maximum atomic E-state index is 14.8. The van der Waals surface area contributed by atoms with Crippen molar-refractivity contribution in [3.63, 3.8) is 0 Å². The minimum Gasteiger partial charge on any atom is -0.392 e. The summed E-state index contributed by atoms with van der Waals surface area (Å²) in [5, 5.41) is 9.67. The van der Waals surface area contributed by atoms with Gasteiger partial charge in [0, 0.05) is 17.3 Å². The molecule has 1 saturated carbocycles. The number of anilines is 1. The van der Waals surface area contributed by atoms with Crippen LogP contribution in [0.15, 0.2) is 72.8 Å². The largest absolute Gasteiger partial charge is 0.406 e. The smallest absolute Gasteiger partial charge is 0.392 e. The van der Waals surface area contributed by atoms with Crippen LogP contribution in [0.1, 0.15) is 70.8 Å². The second-order valence-corrected chi connectivity index (χ2v) is 11.1. The van der Waals surface area contributed by atoms with Crippen LogP contribution in [0.2, 0.25) is 0 Å². The van der Waals surface area contributed by atoms with E-state index in [1.165, 1.54) is 0 Å². The molecule has 0 bridgehead atoms. The van der Waals surface area contributed by atoms with E-state index in [2.05, 4.69) is 0 Å². The molecule has 2 aliphatic heterocycles. The number of amides is 2. The first kappa shape index (κ1) is 26.6. The molecular formula is C32H31F3N2O3. The maximum Gasteiger partial charge on any atom is 0.406 e. The summed E-state index contributed by atoms with van der Waals surface area (Å²) in [7, 11) is 0. The van der Waals surface area contributed by atoms with Crippen molar-refractivity contribution in [1.82, 2.24) is 4.90 Å². The van der Waals surface area contributed by atoms with E-state index in [0.717, 1.165) is 37.0 Å². The Bertz CT molecular complexity index is 1430. The van der Waals surface area contributed by atoms with Crippen molar-refractivity contribution in [2.24, 2.45) is 0 Å². The van der Waals surface area contributed by atoms with Crippen molar-refractivity contribution in [2.75, 3.05) is 11.4 Å².